The summed E-state index contributed by atoms with van der Waals surface area (Å²) in [6.07, 6.45) is 5.41. The molecule has 110 valence electrons. The van der Waals surface area contributed by atoms with Crippen LogP contribution in [0, 0.1) is 5.92 Å². The summed E-state index contributed by atoms with van der Waals surface area (Å²) in [5, 5.41) is 9.54. The fourth-order valence-corrected chi connectivity index (χ4v) is 3.13. The summed E-state index contributed by atoms with van der Waals surface area (Å²) in [7, 11) is 0. The number of aliphatic hydroxyl groups is 1. The zero-order valence-electron chi connectivity index (χ0n) is 11.8. The highest BCUT2D eigenvalue weighted by Gasteiger charge is 2.28. The van der Waals surface area contributed by atoms with Crippen molar-refractivity contribution in [2.24, 2.45) is 11.7 Å². The molecule has 0 aromatic carbocycles. The summed E-state index contributed by atoms with van der Waals surface area (Å²) >= 11 is 0. The van der Waals surface area contributed by atoms with Crippen molar-refractivity contribution in [3.8, 4) is 0 Å². The molecule has 0 radical (unpaired) electrons. The van der Waals surface area contributed by atoms with E-state index in [9.17, 15) is 9.90 Å². The summed E-state index contributed by atoms with van der Waals surface area (Å²) in [4.78, 5) is 16.6. The van der Waals surface area contributed by atoms with Crippen LogP contribution in [-0.4, -0.2) is 66.2 Å². The Labute approximate surface area is 115 Å². The van der Waals surface area contributed by atoms with Gasteiger partial charge in [-0.2, -0.15) is 0 Å². The Morgan fingerprint density at radius 2 is 1.79 bits per heavy atom. The second kappa shape index (κ2) is 7.22. The number of β-amino-alcohol motifs (C(OH)–C–C–N with tert-alkyl or cyclic N) is 1. The van der Waals surface area contributed by atoms with Gasteiger partial charge in [0.05, 0.1) is 6.10 Å². The van der Waals surface area contributed by atoms with Gasteiger partial charge in [0.25, 0.3) is 0 Å². The van der Waals surface area contributed by atoms with Crippen molar-refractivity contribution in [2.75, 3.05) is 39.3 Å². The Morgan fingerprint density at radius 3 is 2.37 bits per heavy atom. The van der Waals surface area contributed by atoms with Crippen LogP contribution in [0.25, 0.3) is 0 Å². The van der Waals surface area contributed by atoms with E-state index in [-0.39, 0.29) is 5.92 Å². The van der Waals surface area contributed by atoms with Crippen LogP contribution in [0.5, 0.6) is 0 Å². The quantitative estimate of drug-likeness (QED) is 0.755. The van der Waals surface area contributed by atoms with E-state index >= 15 is 0 Å². The molecule has 0 aromatic heterocycles. The average molecular weight is 269 g/mol. The Hall–Kier alpha value is -0.650. The average Bonchev–Trinajstić information content (AvgIpc) is 2.48. The number of amides is 1. The largest absolute Gasteiger partial charge is 0.390 e. The molecule has 2 fully saturated rings. The zero-order chi connectivity index (χ0) is 13.7. The van der Waals surface area contributed by atoms with Crippen molar-refractivity contribution in [3.63, 3.8) is 0 Å². The number of rotatable bonds is 4. The third-order valence-corrected chi connectivity index (χ3v) is 4.38. The van der Waals surface area contributed by atoms with Crippen LogP contribution < -0.4 is 5.73 Å². The predicted octanol–water partition coefficient (Wildman–Crippen LogP) is 0.0305. The van der Waals surface area contributed by atoms with Crippen molar-refractivity contribution in [1.82, 2.24) is 9.80 Å². The molecular weight excluding hydrogens is 242 g/mol. The molecule has 0 spiro atoms. The first-order valence-electron chi connectivity index (χ1n) is 7.60. The lowest BCUT2D eigenvalue weighted by atomic mass is 9.88. The molecule has 1 aliphatic heterocycles. The second-order valence-corrected chi connectivity index (χ2v) is 5.85. The second-order valence-electron chi connectivity index (χ2n) is 5.85. The topological polar surface area (TPSA) is 69.8 Å². The van der Waals surface area contributed by atoms with Gasteiger partial charge in [0.1, 0.15) is 0 Å². The molecule has 1 saturated heterocycles. The summed E-state index contributed by atoms with van der Waals surface area (Å²) < 4.78 is 0. The maximum absolute atomic E-state index is 12.4. The van der Waals surface area contributed by atoms with Gasteiger partial charge in [-0.1, -0.05) is 19.3 Å². The number of carbonyl (C=O) groups excluding carboxylic acids is 1. The lowest BCUT2D eigenvalue weighted by Gasteiger charge is -2.37. The van der Waals surface area contributed by atoms with E-state index in [0.29, 0.717) is 19.0 Å². The van der Waals surface area contributed by atoms with Gasteiger partial charge in [0, 0.05) is 45.2 Å². The molecule has 0 aromatic rings. The van der Waals surface area contributed by atoms with Crippen LogP contribution in [0.1, 0.15) is 32.1 Å². The van der Waals surface area contributed by atoms with Gasteiger partial charge >= 0.3 is 0 Å². The Balaban J connectivity index is 1.74. The Kier molecular flexibility index (Phi) is 5.60. The number of piperazine rings is 1. The summed E-state index contributed by atoms with van der Waals surface area (Å²) in [5.74, 6) is 0.633. The monoisotopic (exact) mass is 269 g/mol. The Bertz CT molecular complexity index is 284. The van der Waals surface area contributed by atoms with E-state index < -0.39 is 6.10 Å². The van der Waals surface area contributed by atoms with E-state index in [4.69, 9.17) is 5.73 Å². The third kappa shape index (κ3) is 4.16. The SMILES string of the molecule is NCC(O)CN1CCN(C(=O)C2CCCCC2)CC1. The molecule has 19 heavy (non-hydrogen) atoms. The standard InChI is InChI=1S/C14H27N3O2/c15-10-13(18)11-16-6-8-17(9-7-16)14(19)12-4-2-1-3-5-12/h12-13,18H,1-11,15H2. The van der Waals surface area contributed by atoms with Gasteiger partial charge in [-0.3, -0.25) is 9.69 Å². The van der Waals surface area contributed by atoms with Gasteiger partial charge in [-0.15, -0.1) is 0 Å². The first kappa shape index (κ1) is 14.8. The van der Waals surface area contributed by atoms with Crippen molar-refractivity contribution in [1.29, 1.82) is 0 Å². The van der Waals surface area contributed by atoms with Crippen molar-refractivity contribution < 1.29 is 9.90 Å². The van der Waals surface area contributed by atoms with E-state index in [2.05, 4.69) is 4.90 Å². The molecule has 1 aliphatic carbocycles. The van der Waals surface area contributed by atoms with Gasteiger partial charge in [0.2, 0.25) is 5.91 Å². The van der Waals surface area contributed by atoms with Crippen LogP contribution in [0.4, 0.5) is 0 Å². The minimum absolute atomic E-state index is 0.273. The molecular formula is C14H27N3O2. The predicted molar refractivity (Wildman–Crippen MR) is 74.7 cm³/mol. The first-order valence-corrected chi connectivity index (χ1v) is 7.60. The van der Waals surface area contributed by atoms with Crippen molar-refractivity contribution in [2.45, 2.75) is 38.2 Å². The normalized spacial score (nSPS) is 24.4. The number of hydrogen-bond donors (Lipinski definition) is 2. The minimum Gasteiger partial charge on any atom is -0.390 e. The first-order chi connectivity index (χ1) is 9.20. The minimum atomic E-state index is -0.444. The van der Waals surface area contributed by atoms with Crippen LogP contribution in [-0.2, 0) is 4.79 Å². The maximum atomic E-state index is 12.4. The number of nitrogens with zero attached hydrogens (tertiary/aromatic N) is 2. The molecule has 1 amide bonds. The number of aliphatic hydroxyl groups excluding tert-OH is 1. The third-order valence-electron chi connectivity index (χ3n) is 4.38. The molecule has 2 aliphatic rings. The molecule has 1 atom stereocenters. The van der Waals surface area contributed by atoms with Gasteiger partial charge in [0.15, 0.2) is 0 Å². The van der Waals surface area contributed by atoms with Crippen molar-refractivity contribution in [3.05, 3.63) is 0 Å². The van der Waals surface area contributed by atoms with E-state index in [1.807, 2.05) is 4.90 Å². The van der Waals surface area contributed by atoms with Crippen LogP contribution >= 0.6 is 0 Å². The molecule has 3 N–H and O–H groups in total. The number of nitrogens with two attached hydrogens (primary N) is 1. The van der Waals surface area contributed by atoms with E-state index in [1.54, 1.807) is 0 Å². The molecule has 1 unspecified atom stereocenters. The maximum Gasteiger partial charge on any atom is 0.225 e. The summed E-state index contributed by atoms with van der Waals surface area (Å²) in [6.45, 7) is 4.24. The highest BCUT2D eigenvalue weighted by Crippen LogP contribution is 2.25. The van der Waals surface area contributed by atoms with Crippen LogP contribution in [0.3, 0.4) is 0 Å². The lowest BCUT2D eigenvalue weighted by molar-refractivity contribution is -0.138. The molecule has 2 rings (SSSR count). The number of carbonyl (C=O) groups is 1. The molecule has 1 saturated carbocycles. The Morgan fingerprint density at radius 1 is 1.16 bits per heavy atom. The summed E-state index contributed by atoms with van der Waals surface area (Å²) in [6, 6.07) is 0. The highest BCUT2D eigenvalue weighted by molar-refractivity contribution is 5.79. The molecule has 1 heterocycles. The molecule has 5 heteroatoms. The lowest BCUT2D eigenvalue weighted by Crippen LogP contribution is -2.52. The zero-order valence-corrected chi connectivity index (χ0v) is 11.8. The number of hydrogen-bond acceptors (Lipinski definition) is 4. The highest BCUT2D eigenvalue weighted by atomic mass is 16.3. The van der Waals surface area contributed by atoms with E-state index in [1.165, 1.54) is 19.3 Å². The van der Waals surface area contributed by atoms with Gasteiger partial charge in [-0.25, -0.2) is 0 Å². The van der Waals surface area contributed by atoms with Gasteiger partial charge < -0.3 is 15.7 Å². The van der Waals surface area contributed by atoms with Gasteiger partial charge in [-0.05, 0) is 12.8 Å². The van der Waals surface area contributed by atoms with Crippen molar-refractivity contribution >= 4 is 5.91 Å². The fourth-order valence-electron chi connectivity index (χ4n) is 3.13. The molecule has 0 bridgehead atoms. The molecule has 5 nitrogen and oxygen atoms in total. The summed E-state index contributed by atoms with van der Waals surface area (Å²) in [5.41, 5.74) is 5.42. The smallest absolute Gasteiger partial charge is 0.225 e. The fraction of sp³-hybridized carbons (Fsp3) is 0.929. The van der Waals surface area contributed by atoms with Crippen LogP contribution in [0.15, 0.2) is 0 Å². The van der Waals surface area contributed by atoms with Crippen LogP contribution in [0.2, 0.25) is 0 Å². The van der Waals surface area contributed by atoms with E-state index in [0.717, 1.165) is 39.0 Å².